The van der Waals surface area contributed by atoms with Crippen LogP contribution in [-0.2, 0) is 0 Å². The lowest BCUT2D eigenvalue weighted by atomic mass is 10.3. The van der Waals surface area contributed by atoms with Gasteiger partial charge < -0.3 is 4.74 Å². The number of hydrogen-bond donors (Lipinski definition) is 0. The minimum Gasteiger partial charge on any atom is -0.495 e. The van der Waals surface area contributed by atoms with Crippen molar-refractivity contribution >= 4 is 0 Å². The molecule has 0 aliphatic rings. The number of hydrogen-bond acceptors (Lipinski definition) is 3. The van der Waals surface area contributed by atoms with Gasteiger partial charge in [-0.05, 0) is 19.1 Å². The number of nitrogens with zero attached hydrogens (tertiary/aromatic N) is 3. The van der Waals surface area contributed by atoms with Crippen LogP contribution in [0.5, 0.6) is 5.75 Å². The van der Waals surface area contributed by atoms with E-state index in [-0.39, 0.29) is 0 Å². The lowest BCUT2D eigenvalue weighted by Crippen LogP contribution is -1.98. The number of rotatable bonds is 2. The van der Waals surface area contributed by atoms with Crippen molar-refractivity contribution in [3.8, 4) is 11.4 Å². The largest absolute Gasteiger partial charge is 0.495 e. The van der Waals surface area contributed by atoms with E-state index in [2.05, 4.69) is 10.2 Å². The van der Waals surface area contributed by atoms with Crippen LogP contribution in [0.15, 0.2) is 30.6 Å². The van der Waals surface area contributed by atoms with Crippen LogP contribution in [0, 0.1) is 6.92 Å². The molecule has 72 valence electrons. The van der Waals surface area contributed by atoms with E-state index in [4.69, 9.17) is 4.74 Å². The lowest BCUT2D eigenvalue weighted by molar-refractivity contribution is 0.412. The van der Waals surface area contributed by atoms with Crippen molar-refractivity contribution in [1.29, 1.82) is 0 Å². The molecule has 2 rings (SSSR count). The molecule has 2 aromatic rings. The van der Waals surface area contributed by atoms with Gasteiger partial charge in [-0.3, -0.25) is 4.57 Å². The molecule has 0 spiro atoms. The molecule has 0 saturated carbocycles. The Morgan fingerprint density at radius 1 is 1.29 bits per heavy atom. The van der Waals surface area contributed by atoms with Gasteiger partial charge in [-0.25, -0.2) is 0 Å². The third-order valence-electron chi connectivity index (χ3n) is 2.06. The second-order valence-electron chi connectivity index (χ2n) is 2.92. The Kier molecular flexibility index (Phi) is 2.18. The van der Waals surface area contributed by atoms with Crippen molar-refractivity contribution in [2.24, 2.45) is 0 Å². The predicted octanol–water partition coefficient (Wildman–Crippen LogP) is 1.58. The summed E-state index contributed by atoms with van der Waals surface area (Å²) in [5, 5.41) is 7.76. The molecule has 0 aliphatic carbocycles. The first-order chi connectivity index (χ1) is 6.83. The molecule has 0 fully saturated rings. The van der Waals surface area contributed by atoms with Gasteiger partial charge in [-0.2, -0.15) is 0 Å². The summed E-state index contributed by atoms with van der Waals surface area (Å²) in [5.41, 5.74) is 0.956. The molecule has 0 bridgehead atoms. The quantitative estimate of drug-likeness (QED) is 0.720. The fraction of sp³-hybridized carbons (Fsp3) is 0.200. The number of aromatic nitrogens is 3. The number of methoxy groups -OCH3 is 1. The van der Waals surface area contributed by atoms with Crippen molar-refractivity contribution in [1.82, 2.24) is 14.8 Å². The maximum absolute atomic E-state index is 5.25. The summed E-state index contributed by atoms with van der Waals surface area (Å²) in [4.78, 5) is 0. The summed E-state index contributed by atoms with van der Waals surface area (Å²) in [6, 6.07) is 7.77. The Hall–Kier alpha value is -1.84. The molecule has 0 saturated heterocycles. The van der Waals surface area contributed by atoms with Gasteiger partial charge in [0, 0.05) is 0 Å². The molecule has 1 aromatic heterocycles. The van der Waals surface area contributed by atoms with Gasteiger partial charge in [0.1, 0.15) is 17.9 Å². The molecule has 0 amide bonds. The molecule has 0 atom stereocenters. The van der Waals surface area contributed by atoms with Gasteiger partial charge in [0.05, 0.1) is 12.8 Å². The molecule has 0 unspecified atom stereocenters. The molecule has 4 heteroatoms. The minimum absolute atomic E-state index is 0.815. The Morgan fingerprint density at radius 2 is 2.07 bits per heavy atom. The molecule has 0 aliphatic heterocycles. The summed E-state index contributed by atoms with van der Waals surface area (Å²) in [7, 11) is 1.65. The van der Waals surface area contributed by atoms with Crippen LogP contribution in [0.3, 0.4) is 0 Å². The average molecular weight is 189 g/mol. The summed E-state index contributed by atoms with van der Waals surface area (Å²) >= 11 is 0. The molecule has 1 heterocycles. The van der Waals surface area contributed by atoms with Crippen molar-refractivity contribution < 1.29 is 4.74 Å². The van der Waals surface area contributed by atoms with E-state index >= 15 is 0 Å². The predicted molar refractivity (Wildman–Crippen MR) is 52.6 cm³/mol. The molecule has 4 nitrogen and oxygen atoms in total. The normalized spacial score (nSPS) is 10.1. The number of benzene rings is 1. The molecular weight excluding hydrogens is 178 g/mol. The van der Waals surface area contributed by atoms with E-state index < -0.39 is 0 Å². The van der Waals surface area contributed by atoms with Crippen LogP contribution in [0.1, 0.15) is 5.82 Å². The van der Waals surface area contributed by atoms with Crippen LogP contribution in [-0.4, -0.2) is 21.9 Å². The fourth-order valence-electron chi connectivity index (χ4n) is 1.36. The number of ether oxygens (including phenoxy) is 1. The van der Waals surface area contributed by atoms with Gasteiger partial charge >= 0.3 is 0 Å². The highest BCUT2D eigenvalue weighted by Crippen LogP contribution is 2.22. The van der Waals surface area contributed by atoms with E-state index in [1.165, 1.54) is 0 Å². The molecule has 0 radical (unpaired) electrons. The van der Waals surface area contributed by atoms with E-state index in [0.717, 1.165) is 17.3 Å². The maximum atomic E-state index is 5.25. The maximum Gasteiger partial charge on any atom is 0.142 e. The van der Waals surface area contributed by atoms with E-state index in [0.29, 0.717) is 0 Å². The lowest BCUT2D eigenvalue weighted by Gasteiger charge is -2.08. The molecule has 14 heavy (non-hydrogen) atoms. The van der Waals surface area contributed by atoms with Gasteiger partial charge in [-0.15, -0.1) is 10.2 Å². The molecular formula is C10H11N3O. The van der Waals surface area contributed by atoms with Crippen molar-refractivity contribution in [2.45, 2.75) is 6.92 Å². The Labute approximate surface area is 82.2 Å². The van der Waals surface area contributed by atoms with E-state index in [9.17, 15) is 0 Å². The van der Waals surface area contributed by atoms with Crippen molar-refractivity contribution in [3.63, 3.8) is 0 Å². The zero-order valence-electron chi connectivity index (χ0n) is 8.14. The second-order valence-corrected chi connectivity index (χ2v) is 2.92. The molecule has 1 aromatic carbocycles. The zero-order chi connectivity index (χ0) is 9.97. The van der Waals surface area contributed by atoms with Crippen molar-refractivity contribution in [2.75, 3.05) is 7.11 Å². The topological polar surface area (TPSA) is 39.9 Å². The van der Waals surface area contributed by atoms with Crippen LogP contribution in [0.4, 0.5) is 0 Å². The fourth-order valence-corrected chi connectivity index (χ4v) is 1.36. The molecule has 0 N–H and O–H groups in total. The van der Waals surface area contributed by atoms with Gasteiger partial charge in [0.25, 0.3) is 0 Å². The Morgan fingerprint density at radius 3 is 2.71 bits per heavy atom. The van der Waals surface area contributed by atoms with Crippen LogP contribution < -0.4 is 4.74 Å². The smallest absolute Gasteiger partial charge is 0.142 e. The monoisotopic (exact) mass is 189 g/mol. The highest BCUT2D eigenvalue weighted by molar-refractivity contribution is 5.46. The van der Waals surface area contributed by atoms with E-state index in [1.54, 1.807) is 13.4 Å². The third-order valence-corrected chi connectivity index (χ3v) is 2.06. The Bertz CT molecular complexity index is 436. The first kappa shape index (κ1) is 8.74. The number of aryl methyl sites for hydroxylation is 1. The van der Waals surface area contributed by atoms with E-state index in [1.807, 2.05) is 35.8 Å². The first-order valence-corrected chi connectivity index (χ1v) is 4.33. The highest BCUT2D eigenvalue weighted by Gasteiger charge is 2.06. The van der Waals surface area contributed by atoms with Gasteiger partial charge in [0.2, 0.25) is 0 Å². The summed E-state index contributed by atoms with van der Waals surface area (Å²) in [6.45, 7) is 1.90. The Balaban J connectivity index is 2.56. The minimum atomic E-state index is 0.815. The summed E-state index contributed by atoms with van der Waals surface area (Å²) in [6.07, 6.45) is 1.67. The van der Waals surface area contributed by atoms with Crippen molar-refractivity contribution in [3.05, 3.63) is 36.4 Å². The van der Waals surface area contributed by atoms with Crippen LogP contribution in [0.25, 0.3) is 5.69 Å². The summed E-state index contributed by atoms with van der Waals surface area (Å²) in [5.74, 6) is 1.66. The zero-order valence-corrected chi connectivity index (χ0v) is 8.14. The number of para-hydroxylation sites is 2. The third kappa shape index (κ3) is 1.35. The van der Waals surface area contributed by atoms with Gasteiger partial charge in [0.15, 0.2) is 0 Å². The van der Waals surface area contributed by atoms with Crippen LogP contribution in [0.2, 0.25) is 0 Å². The SMILES string of the molecule is COc1ccccc1-n1cnnc1C. The average Bonchev–Trinajstić information content (AvgIpc) is 2.64. The van der Waals surface area contributed by atoms with Crippen LogP contribution >= 0.6 is 0 Å². The first-order valence-electron chi connectivity index (χ1n) is 4.33. The summed E-state index contributed by atoms with van der Waals surface area (Å²) < 4.78 is 7.14. The second kappa shape index (κ2) is 3.49. The highest BCUT2D eigenvalue weighted by atomic mass is 16.5. The standard InChI is InChI=1S/C10H11N3O/c1-8-12-11-7-13(8)9-5-3-4-6-10(9)14-2/h3-7H,1-2H3. The van der Waals surface area contributed by atoms with Gasteiger partial charge in [-0.1, -0.05) is 12.1 Å².